The highest BCUT2D eigenvalue weighted by molar-refractivity contribution is 5.96. The minimum Gasteiger partial charge on any atom is -0.461 e. The van der Waals surface area contributed by atoms with Crippen LogP contribution in [-0.2, 0) is 11.3 Å². The molecule has 0 amide bonds. The number of anilines is 1. The summed E-state index contributed by atoms with van der Waals surface area (Å²) in [5.41, 5.74) is 5.52. The molecule has 0 unspecified atom stereocenters. The quantitative estimate of drug-likeness (QED) is 0.355. The van der Waals surface area contributed by atoms with Gasteiger partial charge in [-0.05, 0) is 19.1 Å². The maximum absolute atomic E-state index is 5.87. The van der Waals surface area contributed by atoms with E-state index in [1.807, 2.05) is 60.1 Å². The fourth-order valence-electron chi connectivity index (χ4n) is 4.41. The molecule has 1 fully saturated rings. The zero-order chi connectivity index (χ0) is 22.9. The first-order valence-electron chi connectivity index (χ1n) is 11.5. The van der Waals surface area contributed by atoms with Gasteiger partial charge in [0.25, 0.3) is 0 Å². The number of aliphatic imine (C=N–C) groups is 1. The van der Waals surface area contributed by atoms with E-state index in [1.54, 1.807) is 0 Å². The molecule has 0 radical (unpaired) electrons. The molecule has 0 N–H and O–H groups in total. The first kappa shape index (κ1) is 20.6. The molecule has 5 aromatic rings. The molecule has 1 aliphatic rings. The molecule has 3 aromatic heterocycles. The van der Waals surface area contributed by atoms with Crippen molar-refractivity contribution in [2.45, 2.75) is 13.5 Å². The second-order valence-electron chi connectivity index (χ2n) is 8.46. The highest BCUT2D eigenvalue weighted by atomic mass is 16.5. The molecule has 34 heavy (non-hydrogen) atoms. The van der Waals surface area contributed by atoms with Gasteiger partial charge in [0.2, 0.25) is 0 Å². The van der Waals surface area contributed by atoms with Crippen LogP contribution >= 0.6 is 0 Å². The van der Waals surface area contributed by atoms with Crippen LogP contribution < -0.4 is 4.90 Å². The van der Waals surface area contributed by atoms with Crippen LogP contribution in [0.25, 0.3) is 27.9 Å². The lowest BCUT2D eigenvalue weighted by Gasteiger charge is -2.29. The Morgan fingerprint density at radius 1 is 1.00 bits per heavy atom. The van der Waals surface area contributed by atoms with E-state index in [2.05, 4.69) is 29.2 Å². The molecule has 2 aromatic carbocycles. The lowest BCUT2D eigenvalue weighted by Crippen LogP contribution is -2.37. The van der Waals surface area contributed by atoms with E-state index >= 15 is 0 Å². The Labute approximate surface area is 197 Å². The van der Waals surface area contributed by atoms with Crippen molar-refractivity contribution in [3.63, 3.8) is 0 Å². The number of aryl methyl sites for hydroxylation is 1. The molecular formula is C27H25N5O2. The first-order chi connectivity index (χ1) is 16.7. The van der Waals surface area contributed by atoms with Gasteiger partial charge in [0.15, 0.2) is 5.65 Å². The molecule has 6 rings (SSSR count). The van der Waals surface area contributed by atoms with Gasteiger partial charge in [0.05, 0.1) is 31.1 Å². The summed E-state index contributed by atoms with van der Waals surface area (Å²) in [4.78, 5) is 11.9. The van der Waals surface area contributed by atoms with Gasteiger partial charge < -0.3 is 14.1 Å². The molecule has 0 aliphatic carbocycles. The zero-order valence-electron chi connectivity index (χ0n) is 19.0. The maximum Gasteiger partial charge on any atom is 0.158 e. The molecule has 1 aliphatic heterocycles. The van der Waals surface area contributed by atoms with Crippen molar-refractivity contribution in [1.29, 1.82) is 0 Å². The summed E-state index contributed by atoms with van der Waals surface area (Å²) in [6, 6.07) is 22.5. The molecule has 7 heteroatoms. The summed E-state index contributed by atoms with van der Waals surface area (Å²) < 4.78 is 13.4. The minimum atomic E-state index is 0.468. The Kier molecular flexibility index (Phi) is 5.31. The molecular weight excluding hydrogens is 426 g/mol. The van der Waals surface area contributed by atoms with Gasteiger partial charge in [0, 0.05) is 47.9 Å². The Morgan fingerprint density at radius 2 is 1.85 bits per heavy atom. The van der Waals surface area contributed by atoms with Crippen molar-refractivity contribution in [3.05, 3.63) is 83.7 Å². The number of furan rings is 1. The Morgan fingerprint density at radius 3 is 2.71 bits per heavy atom. The molecule has 0 saturated carbocycles. The number of hydrogen-bond donors (Lipinski definition) is 0. The van der Waals surface area contributed by atoms with Crippen molar-refractivity contribution in [2.75, 3.05) is 31.2 Å². The molecule has 170 valence electrons. The van der Waals surface area contributed by atoms with Crippen LogP contribution in [0, 0.1) is 6.92 Å². The second kappa shape index (κ2) is 8.76. The average molecular weight is 452 g/mol. The highest BCUT2D eigenvalue weighted by Gasteiger charge is 2.18. The summed E-state index contributed by atoms with van der Waals surface area (Å²) in [6.07, 6.45) is 1.87. The fourth-order valence-corrected chi connectivity index (χ4v) is 4.41. The fraction of sp³-hybridized carbons (Fsp3) is 0.222. The third-order valence-corrected chi connectivity index (χ3v) is 6.05. The van der Waals surface area contributed by atoms with Gasteiger partial charge >= 0.3 is 0 Å². The number of benzene rings is 2. The van der Waals surface area contributed by atoms with Gasteiger partial charge in [-0.25, -0.2) is 4.98 Å². The van der Waals surface area contributed by atoms with E-state index < -0.39 is 0 Å². The summed E-state index contributed by atoms with van der Waals surface area (Å²) in [6.45, 7) is 5.48. The number of nitrogens with zero attached hydrogens (tertiary/aromatic N) is 5. The first-order valence-corrected chi connectivity index (χ1v) is 11.5. The second-order valence-corrected chi connectivity index (χ2v) is 8.46. The Balaban J connectivity index is 1.36. The number of morpholine rings is 1. The standard InChI is InChI=1S/C27H25N5O2/c1-19-14-21-8-5-9-22(27(21)34-19)17-28-18-23-15-26(31-10-12-33-13-11-31)32-25(29-23)16-24(30-32)20-6-3-2-4-7-20/h2-9,14-17H,10-13,18H2,1H3. The van der Waals surface area contributed by atoms with Crippen LogP contribution in [0.2, 0.25) is 0 Å². The van der Waals surface area contributed by atoms with Gasteiger partial charge in [-0.2, -0.15) is 9.61 Å². The van der Waals surface area contributed by atoms with E-state index in [9.17, 15) is 0 Å². The predicted molar refractivity (Wildman–Crippen MR) is 134 cm³/mol. The summed E-state index contributed by atoms with van der Waals surface area (Å²) >= 11 is 0. The van der Waals surface area contributed by atoms with Gasteiger partial charge in [0.1, 0.15) is 17.2 Å². The van der Waals surface area contributed by atoms with Crippen molar-refractivity contribution < 1.29 is 9.15 Å². The number of aromatic nitrogens is 3. The lowest BCUT2D eigenvalue weighted by atomic mass is 10.1. The minimum absolute atomic E-state index is 0.468. The van der Waals surface area contributed by atoms with Crippen LogP contribution in [0.15, 0.2) is 76.1 Å². The van der Waals surface area contributed by atoms with E-state index in [1.165, 1.54) is 0 Å². The molecule has 1 saturated heterocycles. The third kappa shape index (κ3) is 3.95. The average Bonchev–Trinajstić information content (AvgIpc) is 3.48. The van der Waals surface area contributed by atoms with E-state index in [0.29, 0.717) is 19.8 Å². The van der Waals surface area contributed by atoms with Crippen LogP contribution in [-0.4, -0.2) is 47.1 Å². The normalized spacial score (nSPS) is 14.6. The third-order valence-electron chi connectivity index (χ3n) is 6.05. The van der Waals surface area contributed by atoms with Crippen molar-refractivity contribution in [1.82, 2.24) is 14.6 Å². The summed E-state index contributed by atoms with van der Waals surface area (Å²) in [5.74, 6) is 1.91. The molecule has 0 atom stereocenters. The van der Waals surface area contributed by atoms with Gasteiger partial charge in [-0.3, -0.25) is 4.99 Å². The molecule has 0 bridgehead atoms. The topological polar surface area (TPSA) is 68.2 Å². The van der Waals surface area contributed by atoms with Crippen molar-refractivity contribution >= 4 is 28.6 Å². The van der Waals surface area contributed by atoms with Crippen LogP contribution in [0.3, 0.4) is 0 Å². The van der Waals surface area contributed by atoms with Crippen molar-refractivity contribution in [3.8, 4) is 11.3 Å². The van der Waals surface area contributed by atoms with Crippen molar-refractivity contribution in [2.24, 2.45) is 4.99 Å². The smallest absolute Gasteiger partial charge is 0.158 e. The zero-order valence-corrected chi connectivity index (χ0v) is 19.0. The van der Waals surface area contributed by atoms with E-state index in [4.69, 9.17) is 24.2 Å². The monoisotopic (exact) mass is 451 g/mol. The van der Waals surface area contributed by atoms with Crippen LogP contribution in [0.1, 0.15) is 17.0 Å². The molecule has 4 heterocycles. The number of para-hydroxylation sites is 1. The van der Waals surface area contributed by atoms with Gasteiger partial charge in [-0.1, -0.05) is 42.5 Å². The molecule has 7 nitrogen and oxygen atoms in total. The maximum atomic E-state index is 5.87. The highest BCUT2D eigenvalue weighted by Crippen LogP contribution is 2.25. The van der Waals surface area contributed by atoms with Gasteiger partial charge in [-0.15, -0.1) is 0 Å². The number of ether oxygens (including phenoxy) is 1. The number of fused-ring (bicyclic) bond motifs is 2. The predicted octanol–water partition coefficient (Wildman–Crippen LogP) is 4.91. The summed E-state index contributed by atoms with van der Waals surface area (Å²) in [7, 11) is 0. The SMILES string of the molecule is Cc1cc2cccc(C=NCc3cc(N4CCOCC4)n4nc(-c5ccccc5)cc4n3)c2o1. The molecule has 0 spiro atoms. The number of hydrogen-bond acceptors (Lipinski definition) is 6. The Hall–Kier alpha value is -3.97. The van der Waals surface area contributed by atoms with E-state index in [-0.39, 0.29) is 0 Å². The number of rotatable bonds is 5. The lowest BCUT2D eigenvalue weighted by molar-refractivity contribution is 0.122. The summed E-state index contributed by atoms with van der Waals surface area (Å²) in [5, 5.41) is 5.97. The largest absolute Gasteiger partial charge is 0.461 e. The van der Waals surface area contributed by atoms with Crippen LogP contribution in [0.5, 0.6) is 0 Å². The van der Waals surface area contributed by atoms with Crippen LogP contribution in [0.4, 0.5) is 5.82 Å². The Bertz CT molecular complexity index is 1480. The van der Waals surface area contributed by atoms with E-state index in [0.717, 1.165) is 63.8 Å².